The third-order valence-electron chi connectivity index (χ3n) is 5.19. The lowest BCUT2D eigenvalue weighted by Crippen LogP contribution is -2.16. The van der Waals surface area contributed by atoms with Gasteiger partial charge in [0.25, 0.3) is 0 Å². The van der Waals surface area contributed by atoms with Crippen molar-refractivity contribution in [3.05, 3.63) is 59.2 Å². The minimum absolute atomic E-state index is 0.589. The lowest BCUT2D eigenvalue weighted by atomic mass is 9.96. The predicted octanol–water partition coefficient (Wildman–Crippen LogP) is 7.68. The van der Waals surface area contributed by atoms with Crippen LogP contribution < -0.4 is 9.47 Å². The molecule has 0 fully saturated rings. The van der Waals surface area contributed by atoms with Gasteiger partial charge in [0.15, 0.2) is 0 Å². The lowest BCUT2D eigenvalue weighted by molar-refractivity contribution is 0.151. The first-order valence-electron chi connectivity index (χ1n) is 11.3. The van der Waals surface area contributed by atoms with Crippen LogP contribution in [0.2, 0.25) is 0 Å². The van der Waals surface area contributed by atoms with Gasteiger partial charge in [0.2, 0.25) is 0 Å². The summed E-state index contributed by atoms with van der Waals surface area (Å²) in [4.78, 5) is 12.5. The Labute approximate surface area is 176 Å². The topological polar surface area (TPSA) is 35.5 Å². The molecule has 0 N–H and O–H groups in total. The number of rotatable bonds is 12. The van der Waals surface area contributed by atoms with Crippen molar-refractivity contribution in [1.82, 2.24) is 0 Å². The molecule has 0 unspecified atom stereocenters. The fourth-order valence-electron chi connectivity index (χ4n) is 3.62. The van der Waals surface area contributed by atoms with E-state index in [4.69, 9.17) is 9.47 Å². The summed E-state index contributed by atoms with van der Waals surface area (Å²) in [6, 6.07) is 13.7. The van der Waals surface area contributed by atoms with Crippen LogP contribution in [-0.2, 0) is 19.3 Å². The molecule has 0 aliphatic rings. The molecule has 0 atom stereocenters. The van der Waals surface area contributed by atoms with Gasteiger partial charge >= 0.3 is 6.16 Å². The van der Waals surface area contributed by atoms with Crippen LogP contribution in [0.4, 0.5) is 4.79 Å². The summed E-state index contributed by atoms with van der Waals surface area (Å²) in [6.45, 7) is 6.53. The number of benzene rings is 2. The molecule has 2 rings (SSSR count). The van der Waals surface area contributed by atoms with Crippen LogP contribution in [0.25, 0.3) is 0 Å². The van der Waals surface area contributed by atoms with Crippen LogP contribution in [0.3, 0.4) is 0 Å². The van der Waals surface area contributed by atoms with Crippen molar-refractivity contribution in [3.8, 4) is 11.5 Å². The van der Waals surface area contributed by atoms with Gasteiger partial charge in [0, 0.05) is 0 Å². The van der Waals surface area contributed by atoms with Crippen LogP contribution in [0.1, 0.15) is 82.4 Å². The minimum atomic E-state index is -0.656. The van der Waals surface area contributed by atoms with Crippen molar-refractivity contribution >= 4 is 6.16 Å². The van der Waals surface area contributed by atoms with Gasteiger partial charge in [-0.2, -0.15) is 0 Å². The first-order valence-corrected chi connectivity index (χ1v) is 11.3. The van der Waals surface area contributed by atoms with E-state index in [9.17, 15) is 4.79 Å². The van der Waals surface area contributed by atoms with Crippen LogP contribution in [0, 0.1) is 0 Å². The van der Waals surface area contributed by atoms with E-state index in [-0.39, 0.29) is 0 Å². The summed E-state index contributed by atoms with van der Waals surface area (Å²) in [5, 5.41) is 0. The molecule has 3 heteroatoms. The number of carbonyl (C=O) groups is 1. The SMILES string of the molecule is CCCCCc1cccc(OC(=O)Oc2ccccc2CCC)c1CCCCC. The molecule has 0 heterocycles. The average Bonchev–Trinajstić information content (AvgIpc) is 2.71. The van der Waals surface area contributed by atoms with Crippen molar-refractivity contribution < 1.29 is 14.3 Å². The molecule has 0 radical (unpaired) electrons. The maximum atomic E-state index is 12.5. The Bertz CT molecular complexity index is 751. The van der Waals surface area contributed by atoms with E-state index in [1.807, 2.05) is 36.4 Å². The molecule has 0 amide bonds. The number of aryl methyl sites for hydroxylation is 2. The number of hydrogen-bond donors (Lipinski definition) is 0. The van der Waals surface area contributed by atoms with E-state index >= 15 is 0 Å². The lowest BCUT2D eigenvalue weighted by Gasteiger charge is -2.15. The van der Waals surface area contributed by atoms with E-state index in [1.54, 1.807) is 0 Å². The summed E-state index contributed by atoms with van der Waals surface area (Å²) in [6.07, 6.45) is 10.2. The fraction of sp³-hybridized carbons (Fsp3) is 0.500. The van der Waals surface area contributed by atoms with Gasteiger partial charge in [-0.1, -0.05) is 83.2 Å². The van der Waals surface area contributed by atoms with Crippen LogP contribution in [-0.4, -0.2) is 6.16 Å². The summed E-state index contributed by atoms with van der Waals surface area (Å²) in [7, 11) is 0. The maximum absolute atomic E-state index is 12.5. The Morgan fingerprint density at radius 1 is 0.655 bits per heavy atom. The molecule has 0 spiro atoms. The normalized spacial score (nSPS) is 10.7. The van der Waals surface area contributed by atoms with Gasteiger partial charge < -0.3 is 9.47 Å². The summed E-state index contributed by atoms with van der Waals surface area (Å²) in [5.74, 6) is 1.24. The monoisotopic (exact) mass is 396 g/mol. The number of carbonyl (C=O) groups excluding carboxylic acids is 1. The third kappa shape index (κ3) is 7.56. The second kappa shape index (κ2) is 13.0. The van der Waals surface area contributed by atoms with Crippen molar-refractivity contribution in [2.24, 2.45) is 0 Å². The van der Waals surface area contributed by atoms with E-state index in [0.717, 1.165) is 49.7 Å². The summed E-state index contributed by atoms with van der Waals surface area (Å²) in [5.41, 5.74) is 3.49. The Kier molecular flexibility index (Phi) is 10.3. The molecule has 0 aliphatic heterocycles. The van der Waals surface area contributed by atoms with Gasteiger partial charge in [-0.25, -0.2) is 4.79 Å². The highest BCUT2D eigenvalue weighted by Crippen LogP contribution is 2.28. The second-order valence-electron chi connectivity index (χ2n) is 7.62. The Morgan fingerprint density at radius 3 is 2.00 bits per heavy atom. The average molecular weight is 397 g/mol. The summed E-state index contributed by atoms with van der Waals surface area (Å²) >= 11 is 0. The zero-order chi connectivity index (χ0) is 20.9. The van der Waals surface area contributed by atoms with Gasteiger partial charge in [-0.05, 0) is 60.9 Å². The first kappa shape index (κ1) is 23.0. The Hall–Kier alpha value is -2.29. The molecular formula is C26H36O3. The van der Waals surface area contributed by atoms with E-state index in [0.29, 0.717) is 11.5 Å². The fourth-order valence-corrected chi connectivity index (χ4v) is 3.62. The number of para-hydroxylation sites is 1. The van der Waals surface area contributed by atoms with Crippen molar-refractivity contribution in [1.29, 1.82) is 0 Å². The molecule has 2 aromatic carbocycles. The van der Waals surface area contributed by atoms with E-state index < -0.39 is 6.16 Å². The highest BCUT2D eigenvalue weighted by atomic mass is 16.7. The van der Waals surface area contributed by atoms with Crippen molar-refractivity contribution in [3.63, 3.8) is 0 Å². The van der Waals surface area contributed by atoms with E-state index in [2.05, 4.69) is 26.8 Å². The van der Waals surface area contributed by atoms with Gasteiger partial charge in [-0.3, -0.25) is 0 Å². The second-order valence-corrected chi connectivity index (χ2v) is 7.62. The highest BCUT2D eigenvalue weighted by Gasteiger charge is 2.16. The third-order valence-corrected chi connectivity index (χ3v) is 5.19. The van der Waals surface area contributed by atoms with Gasteiger partial charge in [0.1, 0.15) is 11.5 Å². The first-order chi connectivity index (χ1) is 14.2. The Balaban J connectivity index is 2.15. The van der Waals surface area contributed by atoms with Crippen LogP contribution in [0.5, 0.6) is 11.5 Å². The van der Waals surface area contributed by atoms with Gasteiger partial charge in [0.05, 0.1) is 0 Å². The number of unbranched alkanes of at least 4 members (excludes halogenated alkanes) is 4. The quantitative estimate of drug-likeness (QED) is 0.210. The molecular weight excluding hydrogens is 360 g/mol. The standard InChI is InChI=1S/C26H36O3/c1-4-7-9-15-21-17-13-20-25(23(21)18-10-8-5-2)29-26(27)28-24-19-12-11-16-22(24)14-6-3/h11-13,16-17,19-20H,4-10,14-15,18H2,1-3H3. The maximum Gasteiger partial charge on any atom is 0.519 e. The zero-order valence-electron chi connectivity index (χ0n) is 18.3. The number of ether oxygens (including phenoxy) is 2. The smallest absolute Gasteiger partial charge is 0.394 e. The van der Waals surface area contributed by atoms with Gasteiger partial charge in [-0.15, -0.1) is 0 Å². The van der Waals surface area contributed by atoms with E-state index in [1.165, 1.54) is 31.2 Å². The van der Waals surface area contributed by atoms with Crippen molar-refractivity contribution in [2.75, 3.05) is 0 Å². The zero-order valence-corrected chi connectivity index (χ0v) is 18.3. The summed E-state index contributed by atoms with van der Waals surface area (Å²) < 4.78 is 11.3. The molecule has 158 valence electrons. The van der Waals surface area contributed by atoms with Crippen LogP contribution >= 0.6 is 0 Å². The molecule has 2 aromatic rings. The molecule has 0 aliphatic carbocycles. The van der Waals surface area contributed by atoms with Crippen LogP contribution in [0.15, 0.2) is 42.5 Å². The predicted molar refractivity (Wildman–Crippen MR) is 120 cm³/mol. The molecule has 0 saturated carbocycles. The Morgan fingerprint density at radius 2 is 1.28 bits per heavy atom. The highest BCUT2D eigenvalue weighted by molar-refractivity contribution is 5.68. The van der Waals surface area contributed by atoms with Crippen molar-refractivity contribution in [2.45, 2.75) is 85.0 Å². The minimum Gasteiger partial charge on any atom is -0.394 e. The molecule has 0 aromatic heterocycles. The largest absolute Gasteiger partial charge is 0.519 e. The molecule has 3 nitrogen and oxygen atoms in total. The molecule has 0 saturated heterocycles. The molecule has 29 heavy (non-hydrogen) atoms. The molecule has 0 bridgehead atoms. The number of hydrogen-bond acceptors (Lipinski definition) is 3.